The molecule has 0 aliphatic heterocycles. The van der Waals surface area contributed by atoms with Crippen molar-refractivity contribution in [1.82, 2.24) is 0 Å². The van der Waals surface area contributed by atoms with Gasteiger partial charge in [-0.05, 0) is 13.8 Å². The standard InChI is InChI=1S/C8H12O2.CO2/c1-7(2)5-4-6-8(9)10-3;2-1-3/h4-6H,1-3H3;/b6-4+;. The number of esters is 1. The van der Waals surface area contributed by atoms with Gasteiger partial charge in [-0.15, -0.1) is 0 Å². The quantitative estimate of drug-likeness (QED) is 0.366. The Morgan fingerprint density at radius 2 is 1.77 bits per heavy atom. The molecule has 0 aliphatic carbocycles. The Morgan fingerprint density at radius 3 is 2.08 bits per heavy atom. The summed E-state index contributed by atoms with van der Waals surface area (Å²) in [6, 6.07) is 0. The maximum Gasteiger partial charge on any atom is 0.373 e. The van der Waals surface area contributed by atoms with Gasteiger partial charge in [-0.1, -0.05) is 17.7 Å². The van der Waals surface area contributed by atoms with Crippen molar-refractivity contribution >= 4 is 12.1 Å². The van der Waals surface area contributed by atoms with Crippen LogP contribution in [0, 0.1) is 0 Å². The van der Waals surface area contributed by atoms with Crippen LogP contribution < -0.4 is 0 Å². The molecule has 4 heteroatoms. The van der Waals surface area contributed by atoms with E-state index in [0.29, 0.717) is 0 Å². The summed E-state index contributed by atoms with van der Waals surface area (Å²) in [5, 5.41) is 0. The van der Waals surface area contributed by atoms with Crippen molar-refractivity contribution in [2.45, 2.75) is 13.8 Å². The van der Waals surface area contributed by atoms with Crippen LogP contribution in [-0.2, 0) is 19.1 Å². The van der Waals surface area contributed by atoms with Crippen molar-refractivity contribution < 1.29 is 19.1 Å². The number of hydrogen-bond donors (Lipinski definition) is 0. The van der Waals surface area contributed by atoms with E-state index in [0.717, 1.165) is 5.57 Å². The molecule has 72 valence electrons. The molecule has 0 amide bonds. The van der Waals surface area contributed by atoms with Gasteiger partial charge in [0.05, 0.1) is 7.11 Å². The highest BCUT2D eigenvalue weighted by molar-refractivity contribution is 5.82. The maximum atomic E-state index is 10.5. The normalized spacial score (nSPS) is 7.92. The average Bonchev–Trinajstić information content (AvgIpc) is 2.05. The molecule has 0 heterocycles. The predicted octanol–water partition coefficient (Wildman–Crippen LogP) is 1.10. The third-order valence-corrected chi connectivity index (χ3v) is 0.863. The number of carbonyl (C=O) groups is 1. The van der Waals surface area contributed by atoms with Crippen molar-refractivity contribution in [3.05, 3.63) is 23.8 Å². The first-order valence-corrected chi connectivity index (χ1v) is 3.47. The summed E-state index contributed by atoms with van der Waals surface area (Å²) >= 11 is 0. The first-order chi connectivity index (χ1) is 6.08. The number of ether oxygens (including phenoxy) is 1. The molecule has 0 aromatic rings. The smallest absolute Gasteiger partial charge is 0.373 e. The van der Waals surface area contributed by atoms with Crippen molar-refractivity contribution in [3.8, 4) is 0 Å². The summed E-state index contributed by atoms with van der Waals surface area (Å²) in [4.78, 5) is 26.7. The molecule has 0 spiro atoms. The van der Waals surface area contributed by atoms with Crippen molar-refractivity contribution in [1.29, 1.82) is 0 Å². The van der Waals surface area contributed by atoms with Crippen molar-refractivity contribution in [2.75, 3.05) is 7.11 Å². The first kappa shape index (κ1) is 13.9. The molecule has 0 N–H and O–H groups in total. The lowest BCUT2D eigenvalue weighted by Crippen LogP contribution is -1.92. The fourth-order valence-corrected chi connectivity index (χ4v) is 0.387. The van der Waals surface area contributed by atoms with Crippen LogP contribution in [-0.4, -0.2) is 19.2 Å². The monoisotopic (exact) mass is 184 g/mol. The number of carbonyl (C=O) groups excluding carboxylic acids is 3. The highest BCUT2D eigenvalue weighted by Crippen LogP contribution is 1.88. The molecule has 0 atom stereocenters. The second-order valence-electron chi connectivity index (χ2n) is 2.21. The zero-order valence-electron chi connectivity index (χ0n) is 7.87. The molecule has 0 rings (SSSR count). The molecule has 4 nitrogen and oxygen atoms in total. The van der Waals surface area contributed by atoms with Crippen LogP contribution in [0.5, 0.6) is 0 Å². The molecule has 0 radical (unpaired) electrons. The summed E-state index contributed by atoms with van der Waals surface area (Å²) in [7, 11) is 1.36. The Morgan fingerprint density at radius 1 is 1.31 bits per heavy atom. The van der Waals surface area contributed by atoms with Gasteiger partial charge in [-0.2, -0.15) is 9.59 Å². The molecule has 13 heavy (non-hydrogen) atoms. The number of hydrogen-bond acceptors (Lipinski definition) is 4. The molecular formula is C9H12O4. The summed E-state index contributed by atoms with van der Waals surface area (Å²) in [6.45, 7) is 3.92. The summed E-state index contributed by atoms with van der Waals surface area (Å²) < 4.78 is 4.38. The predicted molar refractivity (Wildman–Crippen MR) is 45.6 cm³/mol. The van der Waals surface area contributed by atoms with Crippen LogP contribution >= 0.6 is 0 Å². The van der Waals surface area contributed by atoms with E-state index in [4.69, 9.17) is 9.59 Å². The van der Waals surface area contributed by atoms with Gasteiger partial charge < -0.3 is 4.74 Å². The van der Waals surface area contributed by atoms with Gasteiger partial charge in [-0.3, -0.25) is 0 Å². The molecule has 0 aliphatic rings. The SMILES string of the molecule is COC(=O)/C=C/C=C(C)C.O=C=O. The van der Waals surface area contributed by atoms with Gasteiger partial charge in [-0.25, -0.2) is 4.79 Å². The molecule has 0 saturated carbocycles. The largest absolute Gasteiger partial charge is 0.466 e. The van der Waals surface area contributed by atoms with E-state index in [2.05, 4.69) is 4.74 Å². The van der Waals surface area contributed by atoms with Gasteiger partial charge in [0.25, 0.3) is 0 Å². The highest BCUT2D eigenvalue weighted by atomic mass is 16.5. The Balaban J connectivity index is 0. The second-order valence-corrected chi connectivity index (χ2v) is 2.21. The van der Waals surface area contributed by atoms with Gasteiger partial charge in [0.2, 0.25) is 0 Å². The zero-order valence-corrected chi connectivity index (χ0v) is 7.87. The van der Waals surface area contributed by atoms with Gasteiger partial charge in [0, 0.05) is 6.08 Å². The van der Waals surface area contributed by atoms with Crippen LogP contribution in [0.15, 0.2) is 23.8 Å². The van der Waals surface area contributed by atoms with Crippen LogP contribution in [0.3, 0.4) is 0 Å². The zero-order chi connectivity index (χ0) is 10.7. The van der Waals surface area contributed by atoms with Crippen molar-refractivity contribution in [2.24, 2.45) is 0 Å². The van der Waals surface area contributed by atoms with Crippen LogP contribution in [0.25, 0.3) is 0 Å². The minimum atomic E-state index is -0.322. The van der Waals surface area contributed by atoms with Crippen LogP contribution in [0.1, 0.15) is 13.8 Å². The maximum absolute atomic E-state index is 10.5. The fraction of sp³-hybridized carbons (Fsp3) is 0.333. The number of rotatable bonds is 2. The Kier molecular flexibility index (Phi) is 11.0. The number of allylic oxidation sites excluding steroid dienone is 3. The third kappa shape index (κ3) is 17.9. The van der Waals surface area contributed by atoms with Crippen LogP contribution in [0.2, 0.25) is 0 Å². The van der Waals surface area contributed by atoms with Crippen LogP contribution in [0.4, 0.5) is 0 Å². The molecule has 0 fully saturated rings. The average molecular weight is 184 g/mol. The van der Waals surface area contributed by atoms with E-state index in [1.165, 1.54) is 13.2 Å². The molecule has 0 aromatic heterocycles. The van der Waals surface area contributed by atoms with E-state index >= 15 is 0 Å². The summed E-state index contributed by atoms with van der Waals surface area (Å²) in [5.74, 6) is -0.322. The highest BCUT2D eigenvalue weighted by Gasteiger charge is 1.86. The van der Waals surface area contributed by atoms with Gasteiger partial charge in [0.1, 0.15) is 0 Å². The molecule has 0 aromatic carbocycles. The third-order valence-electron chi connectivity index (χ3n) is 0.863. The van der Waals surface area contributed by atoms with E-state index in [1.807, 2.05) is 19.9 Å². The Labute approximate surface area is 76.9 Å². The fourth-order valence-electron chi connectivity index (χ4n) is 0.387. The lowest BCUT2D eigenvalue weighted by atomic mass is 10.3. The lowest BCUT2D eigenvalue weighted by molar-refractivity contribution is -0.191. The van der Waals surface area contributed by atoms with E-state index < -0.39 is 0 Å². The van der Waals surface area contributed by atoms with E-state index in [9.17, 15) is 4.79 Å². The summed E-state index contributed by atoms with van der Waals surface area (Å²) in [5.41, 5.74) is 1.15. The topological polar surface area (TPSA) is 60.4 Å². The molecule has 0 unspecified atom stereocenters. The molecule has 0 saturated heterocycles. The van der Waals surface area contributed by atoms with Crippen molar-refractivity contribution in [3.63, 3.8) is 0 Å². The lowest BCUT2D eigenvalue weighted by Gasteiger charge is -1.86. The number of methoxy groups -OCH3 is 1. The summed E-state index contributed by atoms with van der Waals surface area (Å²) in [6.07, 6.45) is 5.14. The Bertz CT molecular complexity index is 228. The molecular weight excluding hydrogens is 172 g/mol. The first-order valence-electron chi connectivity index (χ1n) is 3.47. The Hall–Kier alpha value is -1.67. The minimum Gasteiger partial charge on any atom is -0.466 e. The second kappa shape index (κ2) is 10.3. The van der Waals surface area contributed by atoms with E-state index in [1.54, 1.807) is 6.08 Å². The van der Waals surface area contributed by atoms with Gasteiger partial charge in [0.15, 0.2) is 0 Å². The van der Waals surface area contributed by atoms with Gasteiger partial charge >= 0.3 is 12.1 Å². The van der Waals surface area contributed by atoms with E-state index in [-0.39, 0.29) is 12.1 Å². The molecule has 0 bridgehead atoms. The minimum absolute atomic E-state index is 0.250.